The van der Waals surface area contributed by atoms with Crippen LogP contribution in [-0.2, 0) is 19.2 Å². The summed E-state index contributed by atoms with van der Waals surface area (Å²) in [6.45, 7) is 0. The summed E-state index contributed by atoms with van der Waals surface area (Å²) in [6, 6.07) is 5.27. The minimum atomic E-state index is -1.18. The van der Waals surface area contributed by atoms with Crippen LogP contribution in [-0.4, -0.2) is 62.7 Å². The molecule has 1 fully saturated rings. The van der Waals surface area contributed by atoms with Gasteiger partial charge in [0.25, 0.3) is 0 Å². The number of aromatic hydroxyl groups is 1. The van der Waals surface area contributed by atoms with Gasteiger partial charge in [0.1, 0.15) is 24.3 Å². The number of thioether (sulfide) groups is 1. The number of carbonyl (C=O) groups is 3. The Hall–Kier alpha value is -2.75. The van der Waals surface area contributed by atoms with Crippen molar-refractivity contribution < 1.29 is 34.5 Å². The molecular weight excluding hydrogens is 364 g/mol. The molecule has 1 amide bonds. The number of para-hydroxylation sites is 1. The van der Waals surface area contributed by atoms with Crippen molar-refractivity contribution in [3.05, 3.63) is 29.8 Å². The highest BCUT2D eigenvalue weighted by molar-refractivity contribution is 7.99. The van der Waals surface area contributed by atoms with Gasteiger partial charge < -0.3 is 25.1 Å². The summed E-state index contributed by atoms with van der Waals surface area (Å²) in [6.07, 6.45) is -0.895. The molecule has 1 unspecified atom stereocenters. The van der Waals surface area contributed by atoms with Crippen molar-refractivity contribution in [3.8, 4) is 5.75 Å². The van der Waals surface area contributed by atoms with Gasteiger partial charge in [0, 0.05) is 11.3 Å². The second-order valence-electron chi connectivity index (χ2n) is 5.49. The van der Waals surface area contributed by atoms with Gasteiger partial charge in [-0.15, -0.1) is 11.8 Å². The predicted molar refractivity (Wildman–Crippen MR) is 92.9 cm³/mol. The average Bonchev–Trinajstić information content (AvgIpc) is 3.00. The summed E-state index contributed by atoms with van der Waals surface area (Å²) in [5.74, 6) is -2.86. The molecule has 0 aliphatic carbocycles. The molecule has 10 heteroatoms. The topological polar surface area (TPSA) is 137 Å². The number of hydrogen-bond donors (Lipinski definition) is 3. The Balaban J connectivity index is 2.31. The molecule has 0 spiro atoms. The summed E-state index contributed by atoms with van der Waals surface area (Å²) >= 11 is 1.21. The number of hydrogen-bond acceptors (Lipinski definition) is 7. The van der Waals surface area contributed by atoms with E-state index < -0.39 is 42.1 Å². The second-order valence-corrected chi connectivity index (χ2v) is 6.60. The quantitative estimate of drug-likeness (QED) is 0.474. The molecule has 2 rings (SSSR count). The number of rotatable bonds is 7. The normalized spacial score (nSPS) is 20.0. The highest BCUT2D eigenvalue weighted by Crippen LogP contribution is 2.44. The lowest BCUT2D eigenvalue weighted by Gasteiger charge is -2.28. The number of phenolic OH excluding ortho intramolecular Hbond substituents is 1. The van der Waals surface area contributed by atoms with E-state index in [0.29, 0.717) is 5.56 Å². The lowest BCUT2D eigenvalue weighted by atomic mass is 10.1. The molecule has 0 radical (unpaired) electrons. The zero-order valence-electron chi connectivity index (χ0n) is 13.9. The van der Waals surface area contributed by atoms with E-state index in [4.69, 9.17) is 5.11 Å². The van der Waals surface area contributed by atoms with Crippen LogP contribution in [0.2, 0.25) is 0 Å². The Labute approximate surface area is 153 Å². The number of oxime groups is 1. The van der Waals surface area contributed by atoms with Crippen molar-refractivity contribution >= 4 is 35.3 Å². The van der Waals surface area contributed by atoms with E-state index >= 15 is 0 Å². The van der Waals surface area contributed by atoms with E-state index in [0.717, 1.165) is 4.90 Å². The SMILES string of the molecule is CON=C(CC(=O)O)CC(=O)N1C(c2ccccc2O)SC[C@H]1C(=O)O. The first kappa shape index (κ1) is 19.6. The fourth-order valence-corrected chi connectivity index (χ4v) is 4.11. The summed E-state index contributed by atoms with van der Waals surface area (Å²) in [4.78, 5) is 40.9. The van der Waals surface area contributed by atoms with Crippen LogP contribution < -0.4 is 0 Å². The van der Waals surface area contributed by atoms with Gasteiger partial charge in [-0.3, -0.25) is 9.59 Å². The number of carboxylic acid groups (broad SMARTS) is 2. The lowest BCUT2D eigenvalue weighted by Crippen LogP contribution is -2.43. The van der Waals surface area contributed by atoms with Crippen LogP contribution in [0.3, 0.4) is 0 Å². The lowest BCUT2D eigenvalue weighted by molar-refractivity contribution is -0.148. The van der Waals surface area contributed by atoms with Gasteiger partial charge in [0.05, 0.1) is 18.6 Å². The largest absolute Gasteiger partial charge is 0.508 e. The zero-order chi connectivity index (χ0) is 19.3. The van der Waals surface area contributed by atoms with Crippen LogP contribution in [0.1, 0.15) is 23.8 Å². The minimum absolute atomic E-state index is 0.0259. The standard InChI is InChI=1S/C16H18N2O7S/c1-25-17-9(7-14(21)22)6-13(20)18-11(16(23)24)8-26-15(18)10-4-2-3-5-12(10)19/h2-5,11,15,19H,6-8H2,1H3,(H,21,22)(H,23,24)/t11-,15?/m0/s1. The Morgan fingerprint density at radius 3 is 2.54 bits per heavy atom. The van der Waals surface area contributed by atoms with E-state index in [1.54, 1.807) is 18.2 Å². The Morgan fingerprint density at radius 1 is 1.27 bits per heavy atom. The highest BCUT2D eigenvalue weighted by Gasteiger charge is 2.43. The second kappa shape index (κ2) is 8.56. The first-order valence-corrected chi connectivity index (χ1v) is 8.64. The Bertz CT molecular complexity index is 737. The first-order chi connectivity index (χ1) is 12.3. The van der Waals surface area contributed by atoms with Crippen LogP contribution in [0.4, 0.5) is 0 Å². The van der Waals surface area contributed by atoms with Crippen LogP contribution >= 0.6 is 11.8 Å². The molecule has 1 saturated heterocycles. The molecule has 140 valence electrons. The first-order valence-electron chi connectivity index (χ1n) is 7.59. The van der Waals surface area contributed by atoms with E-state index in [1.165, 1.54) is 24.9 Å². The van der Waals surface area contributed by atoms with Gasteiger partial charge in [-0.2, -0.15) is 0 Å². The molecule has 1 aromatic carbocycles. The molecule has 3 N–H and O–H groups in total. The molecule has 0 saturated carbocycles. The fraction of sp³-hybridized carbons (Fsp3) is 0.375. The summed E-state index contributed by atoms with van der Waals surface area (Å²) in [7, 11) is 1.23. The van der Waals surface area contributed by atoms with Gasteiger partial charge in [-0.05, 0) is 6.07 Å². The van der Waals surface area contributed by atoms with Gasteiger partial charge in [0.2, 0.25) is 5.91 Å². The molecule has 9 nitrogen and oxygen atoms in total. The van der Waals surface area contributed by atoms with E-state index in [2.05, 4.69) is 9.99 Å². The summed E-state index contributed by atoms with van der Waals surface area (Å²) in [5.41, 5.74) is 0.389. The predicted octanol–water partition coefficient (Wildman–Crippen LogP) is 1.29. The van der Waals surface area contributed by atoms with E-state index in [1.807, 2.05) is 0 Å². The number of amides is 1. The fourth-order valence-electron chi connectivity index (χ4n) is 2.63. The third-order valence-corrected chi connectivity index (χ3v) is 5.01. The van der Waals surface area contributed by atoms with Crippen molar-refractivity contribution in [2.75, 3.05) is 12.9 Å². The van der Waals surface area contributed by atoms with Crippen molar-refractivity contribution in [1.82, 2.24) is 4.90 Å². The van der Waals surface area contributed by atoms with Crippen LogP contribution in [0.5, 0.6) is 5.75 Å². The van der Waals surface area contributed by atoms with Crippen LogP contribution in [0.15, 0.2) is 29.4 Å². The van der Waals surface area contributed by atoms with Gasteiger partial charge >= 0.3 is 11.9 Å². The third kappa shape index (κ3) is 4.45. The molecular formula is C16H18N2O7S. The molecule has 1 aliphatic heterocycles. The van der Waals surface area contributed by atoms with Crippen LogP contribution in [0, 0.1) is 0 Å². The van der Waals surface area contributed by atoms with Crippen molar-refractivity contribution in [2.45, 2.75) is 24.3 Å². The number of phenols is 1. The van der Waals surface area contributed by atoms with E-state index in [-0.39, 0.29) is 17.2 Å². The number of nitrogens with zero attached hydrogens (tertiary/aromatic N) is 2. The monoisotopic (exact) mass is 382 g/mol. The molecule has 0 aromatic heterocycles. The number of carboxylic acids is 2. The highest BCUT2D eigenvalue weighted by atomic mass is 32.2. The molecule has 1 aromatic rings. The smallest absolute Gasteiger partial charge is 0.327 e. The number of carbonyl (C=O) groups excluding carboxylic acids is 1. The van der Waals surface area contributed by atoms with Gasteiger partial charge in [-0.1, -0.05) is 23.4 Å². The van der Waals surface area contributed by atoms with Crippen LogP contribution in [0.25, 0.3) is 0 Å². The van der Waals surface area contributed by atoms with Crippen molar-refractivity contribution in [3.63, 3.8) is 0 Å². The molecule has 0 bridgehead atoms. The maximum atomic E-state index is 12.8. The maximum Gasteiger partial charge on any atom is 0.327 e. The van der Waals surface area contributed by atoms with Crippen molar-refractivity contribution in [1.29, 1.82) is 0 Å². The Morgan fingerprint density at radius 2 is 1.96 bits per heavy atom. The maximum absolute atomic E-state index is 12.8. The molecule has 2 atom stereocenters. The molecule has 1 heterocycles. The third-order valence-electron chi connectivity index (χ3n) is 3.71. The summed E-state index contributed by atoms with van der Waals surface area (Å²) in [5, 5.41) is 31.2. The van der Waals surface area contributed by atoms with Crippen molar-refractivity contribution in [2.24, 2.45) is 5.16 Å². The summed E-state index contributed by atoms with van der Waals surface area (Å²) < 4.78 is 0. The minimum Gasteiger partial charge on any atom is -0.508 e. The Kier molecular flexibility index (Phi) is 6.45. The average molecular weight is 382 g/mol. The van der Waals surface area contributed by atoms with Gasteiger partial charge in [-0.25, -0.2) is 4.79 Å². The van der Waals surface area contributed by atoms with E-state index in [9.17, 15) is 24.6 Å². The van der Waals surface area contributed by atoms with Gasteiger partial charge in [0.15, 0.2) is 0 Å². The number of aliphatic carboxylic acids is 2. The number of benzene rings is 1. The molecule has 1 aliphatic rings. The zero-order valence-corrected chi connectivity index (χ0v) is 14.7. The molecule has 26 heavy (non-hydrogen) atoms.